The van der Waals surface area contributed by atoms with Gasteiger partial charge in [-0.1, -0.05) is 30.7 Å². The van der Waals surface area contributed by atoms with Crippen LogP contribution in [-0.2, 0) is 0 Å². The second-order valence-electron chi connectivity index (χ2n) is 5.03. The van der Waals surface area contributed by atoms with E-state index in [1.807, 2.05) is 12.4 Å². The summed E-state index contributed by atoms with van der Waals surface area (Å²) in [6.07, 6.45) is 4.86. The lowest BCUT2D eigenvalue weighted by atomic mass is 9.94. The predicted octanol–water partition coefficient (Wildman–Crippen LogP) is 3.79. The van der Waals surface area contributed by atoms with Gasteiger partial charge in [0.15, 0.2) is 0 Å². The van der Waals surface area contributed by atoms with Crippen molar-refractivity contribution in [2.75, 3.05) is 6.54 Å². The minimum absolute atomic E-state index is 0.253. The van der Waals surface area contributed by atoms with Crippen LogP contribution in [0.3, 0.4) is 0 Å². The van der Waals surface area contributed by atoms with Crippen LogP contribution in [0.25, 0.3) is 0 Å². The van der Waals surface area contributed by atoms with Gasteiger partial charge in [-0.2, -0.15) is 0 Å². The van der Waals surface area contributed by atoms with Crippen LogP contribution in [0, 0.1) is 13.8 Å². The number of hydrogen-bond donors (Lipinski definition) is 1. The van der Waals surface area contributed by atoms with Crippen molar-refractivity contribution >= 4 is 0 Å². The highest BCUT2D eigenvalue weighted by atomic mass is 14.9. The number of aryl methyl sites for hydroxylation is 2. The topological polar surface area (TPSA) is 24.9 Å². The summed E-state index contributed by atoms with van der Waals surface area (Å²) in [5.74, 6) is 0. The smallest absolute Gasteiger partial charge is 0.0580 e. The minimum atomic E-state index is 0.253. The van der Waals surface area contributed by atoms with Gasteiger partial charge >= 0.3 is 0 Å². The van der Waals surface area contributed by atoms with Crippen molar-refractivity contribution in [1.82, 2.24) is 10.3 Å². The van der Waals surface area contributed by atoms with Crippen LogP contribution in [0.5, 0.6) is 0 Å². The fourth-order valence-electron chi connectivity index (χ4n) is 2.32. The number of benzene rings is 1. The van der Waals surface area contributed by atoms with Crippen LogP contribution >= 0.6 is 0 Å². The lowest BCUT2D eigenvalue weighted by molar-refractivity contribution is 0.595. The van der Waals surface area contributed by atoms with Gasteiger partial charge in [0.1, 0.15) is 0 Å². The zero-order valence-corrected chi connectivity index (χ0v) is 12.0. The van der Waals surface area contributed by atoms with Crippen LogP contribution in [-0.4, -0.2) is 11.5 Å². The largest absolute Gasteiger partial charge is 0.306 e. The Labute approximate surface area is 115 Å². The molecule has 1 heterocycles. The number of nitrogens with one attached hydrogen (secondary N) is 1. The molecule has 0 saturated carbocycles. The second-order valence-corrected chi connectivity index (χ2v) is 5.03. The molecule has 0 spiro atoms. The summed E-state index contributed by atoms with van der Waals surface area (Å²) >= 11 is 0. The molecule has 0 aliphatic heterocycles. The minimum Gasteiger partial charge on any atom is -0.306 e. The Bertz CT molecular complexity index is 520. The highest BCUT2D eigenvalue weighted by molar-refractivity contribution is 5.38. The van der Waals surface area contributed by atoms with E-state index in [1.54, 1.807) is 0 Å². The molecule has 1 aromatic carbocycles. The van der Waals surface area contributed by atoms with E-state index in [0.717, 1.165) is 13.0 Å². The van der Waals surface area contributed by atoms with Gasteiger partial charge in [-0.25, -0.2) is 0 Å². The third-order valence-corrected chi connectivity index (χ3v) is 3.38. The van der Waals surface area contributed by atoms with E-state index < -0.39 is 0 Å². The zero-order valence-electron chi connectivity index (χ0n) is 12.0. The van der Waals surface area contributed by atoms with Crippen LogP contribution in [0.2, 0.25) is 0 Å². The molecule has 2 heteroatoms. The Morgan fingerprint density at radius 3 is 2.53 bits per heavy atom. The van der Waals surface area contributed by atoms with Crippen molar-refractivity contribution < 1.29 is 0 Å². The van der Waals surface area contributed by atoms with Gasteiger partial charge in [0, 0.05) is 12.4 Å². The fourth-order valence-corrected chi connectivity index (χ4v) is 2.32. The van der Waals surface area contributed by atoms with Gasteiger partial charge in [0.2, 0.25) is 0 Å². The standard InChI is InChI=1S/C17H22N2/c1-4-9-19-17(15-7-10-18-11-8-15)16-12-13(2)5-6-14(16)3/h5-8,10-12,17,19H,4,9H2,1-3H3. The quantitative estimate of drug-likeness (QED) is 0.878. The summed E-state index contributed by atoms with van der Waals surface area (Å²) in [6.45, 7) is 7.53. The Kier molecular flexibility index (Phi) is 4.69. The van der Waals surface area contributed by atoms with Crippen LogP contribution in [0.15, 0.2) is 42.7 Å². The van der Waals surface area contributed by atoms with Crippen molar-refractivity contribution in [3.63, 3.8) is 0 Å². The van der Waals surface area contributed by atoms with E-state index in [0.29, 0.717) is 0 Å². The first-order valence-electron chi connectivity index (χ1n) is 6.93. The van der Waals surface area contributed by atoms with Crippen LogP contribution < -0.4 is 5.32 Å². The number of rotatable bonds is 5. The molecule has 0 radical (unpaired) electrons. The average molecular weight is 254 g/mol. The molecule has 1 N–H and O–H groups in total. The van der Waals surface area contributed by atoms with E-state index in [2.05, 4.69) is 61.4 Å². The van der Waals surface area contributed by atoms with Crippen molar-refractivity contribution in [3.05, 3.63) is 65.0 Å². The summed E-state index contributed by atoms with van der Waals surface area (Å²) in [4.78, 5) is 4.11. The molecule has 2 rings (SSSR count). The molecular formula is C17H22N2. The number of aromatic nitrogens is 1. The zero-order chi connectivity index (χ0) is 13.7. The Balaban J connectivity index is 2.40. The van der Waals surface area contributed by atoms with E-state index >= 15 is 0 Å². The molecule has 0 amide bonds. The molecule has 100 valence electrons. The van der Waals surface area contributed by atoms with Crippen molar-refractivity contribution in [2.24, 2.45) is 0 Å². The molecule has 0 fully saturated rings. The van der Waals surface area contributed by atoms with Gasteiger partial charge in [-0.3, -0.25) is 4.98 Å². The lowest BCUT2D eigenvalue weighted by Crippen LogP contribution is -2.24. The van der Waals surface area contributed by atoms with Crippen molar-refractivity contribution in [3.8, 4) is 0 Å². The Hall–Kier alpha value is -1.67. The van der Waals surface area contributed by atoms with Crippen molar-refractivity contribution in [1.29, 1.82) is 0 Å². The summed E-state index contributed by atoms with van der Waals surface area (Å²) < 4.78 is 0. The molecule has 1 aromatic heterocycles. The number of nitrogens with zero attached hydrogens (tertiary/aromatic N) is 1. The van der Waals surface area contributed by atoms with E-state index in [-0.39, 0.29) is 6.04 Å². The summed E-state index contributed by atoms with van der Waals surface area (Å²) in [6, 6.07) is 11.1. The number of hydrogen-bond acceptors (Lipinski definition) is 2. The van der Waals surface area contributed by atoms with Gasteiger partial charge in [-0.15, -0.1) is 0 Å². The molecule has 2 nitrogen and oxygen atoms in total. The van der Waals surface area contributed by atoms with Gasteiger partial charge in [0.05, 0.1) is 6.04 Å². The summed E-state index contributed by atoms with van der Waals surface area (Å²) in [5, 5.41) is 3.64. The van der Waals surface area contributed by atoms with Crippen LogP contribution in [0.4, 0.5) is 0 Å². The lowest BCUT2D eigenvalue weighted by Gasteiger charge is -2.22. The normalized spacial score (nSPS) is 12.4. The second kappa shape index (κ2) is 6.48. The molecular weight excluding hydrogens is 232 g/mol. The molecule has 0 bridgehead atoms. The molecule has 1 unspecified atom stereocenters. The molecule has 2 aromatic rings. The maximum atomic E-state index is 4.11. The maximum Gasteiger partial charge on any atom is 0.0580 e. The Morgan fingerprint density at radius 2 is 1.84 bits per heavy atom. The molecule has 0 saturated heterocycles. The van der Waals surface area contributed by atoms with E-state index in [9.17, 15) is 0 Å². The third-order valence-electron chi connectivity index (χ3n) is 3.38. The first-order chi connectivity index (χ1) is 9.22. The fraction of sp³-hybridized carbons (Fsp3) is 0.353. The maximum absolute atomic E-state index is 4.11. The Morgan fingerprint density at radius 1 is 1.11 bits per heavy atom. The SMILES string of the molecule is CCCNC(c1ccncc1)c1cc(C)ccc1C. The third kappa shape index (κ3) is 3.42. The molecule has 0 aliphatic rings. The summed E-state index contributed by atoms with van der Waals surface area (Å²) in [7, 11) is 0. The van der Waals surface area contributed by atoms with E-state index in [1.165, 1.54) is 22.3 Å². The first-order valence-corrected chi connectivity index (χ1v) is 6.93. The van der Waals surface area contributed by atoms with Crippen molar-refractivity contribution in [2.45, 2.75) is 33.2 Å². The van der Waals surface area contributed by atoms with Gasteiger partial charge < -0.3 is 5.32 Å². The molecule has 19 heavy (non-hydrogen) atoms. The van der Waals surface area contributed by atoms with Crippen LogP contribution in [0.1, 0.15) is 41.6 Å². The predicted molar refractivity (Wildman–Crippen MR) is 80.3 cm³/mol. The highest BCUT2D eigenvalue weighted by Gasteiger charge is 2.15. The first kappa shape index (κ1) is 13.8. The monoisotopic (exact) mass is 254 g/mol. The van der Waals surface area contributed by atoms with Gasteiger partial charge in [-0.05, 0) is 55.6 Å². The molecule has 0 aliphatic carbocycles. The number of pyridine rings is 1. The average Bonchev–Trinajstić information content (AvgIpc) is 2.44. The molecule has 1 atom stereocenters. The highest BCUT2D eigenvalue weighted by Crippen LogP contribution is 2.25. The van der Waals surface area contributed by atoms with Gasteiger partial charge in [0.25, 0.3) is 0 Å². The van der Waals surface area contributed by atoms with E-state index in [4.69, 9.17) is 0 Å². The summed E-state index contributed by atoms with van der Waals surface area (Å²) in [5.41, 5.74) is 5.27.